The summed E-state index contributed by atoms with van der Waals surface area (Å²) < 4.78 is 16.1. The molecule has 0 aromatic heterocycles. The van der Waals surface area contributed by atoms with E-state index in [1.54, 1.807) is 32.4 Å². The largest absolute Gasteiger partial charge is 0.493 e. The number of amides is 2. The summed E-state index contributed by atoms with van der Waals surface area (Å²) in [5, 5.41) is 5.50. The van der Waals surface area contributed by atoms with Crippen LogP contribution in [0.3, 0.4) is 0 Å². The summed E-state index contributed by atoms with van der Waals surface area (Å²) in [5.41, 5.74) is 2.90. The molecule has 6 nitrogen and oxygen atoms in total. The van der Waals surface area contributed by atoms with E-state index in [1.165, 1.54) is 5.56 Å². The van der Waals surface area contributed by atoms with Crippen LogP contribution >= 0.6 is 0 Å². The van der Waals surface area contributed by atoms with Crippen LogP contribution < -0.4 is 24.8 Å². The predicted octanol–water partition coefficient (Wildman–Crippen LogP) is 3.52. The van der Waals surface area contributed by atoms with E-state index in [9.17, 15) is 4.79 Å². The molecule has 2 aromatic carbocycles. The standard InChI is InChI=1S/C19H24N2O4/c1-13-6-5-7-16(14(13)2)25-11-10-20-19(22)21-15-8-9-17(23-3)18(12-15)24-4/h5-9,12H,10-11H2,1-4H3,(H2,20,21,22). The van der Waals surface area contributed by atoms with Crippen LogP contribution in [0, 0.1) is 13.8 Å². The molecule has 0 aliphatic rings. The van der Waals surface area contributed by atoms with Crippen molar-refractivity contribution >= 4 is 11.7 Å². The molecule has 2 amide bonds. The summed E-state index contributed by atoms with van der Waals surface area (Å²) >= 11 is 0. The van der Waals surface area contributed by atoms with Crippen molar-refractivity contribution in [2.75, 3.05) is 32.7 Å². The summed E-state index contributed by atoms with van der Waals surface area (Å²) in [6.07, 6.45) is 0. The topological polar surface area (TPSA) is 68.8 Å². The number of aryl methyl sites for hydroxylation is 1. The molecule has 0 bridgehead atoms. The molecule has 0 unspecified atom stereocenters. The Hall–Kier alpha value is -2.89. The van der Waals surface area contributed by atoms with Crippen molar-refractivity contribution < 1.29 is 19.0 Å². The molecule has 2 rings (SSSR count). The van der Waals surface area contributed by atoms with Crippen LogP contribution in [0.5, 0.6) is 17.2 Å². The highest BCUT2D eigenvalue weighted by atomic mass is 16.5. The lowest BCUT2D eigenvalue weighted by Crippen LogP contribution is -2.32. The first-order valence-corrected chi connectivity index (χ1v) is 8.01. The van der Waals surface area contributed by atoms with Gasteiger partial charge >= 0.3 is 6.03 Å². The predicted molar refractivity (Wildman–Crippen MR) is 98.0 cm³/mol. The molecule has 0 atom stereocenters. The van der Waals surface area contributed by atoms with Gasteiger partial charge in [-0.15, -0.1) is 0 Å². The zero-order chi connectivity index (χ0) is 18.2. The fraction of sp³-hybridized carbons (Fsp3) is 0.316. The van der Waals surface area contributed by atoms with Crippen molar-refractivity contribution in [3.05, 3.63) is 47.5 Å². The molecule has 0 heterocycles. The second-order valence-electron chi connectivity index (χ2n) is 5.50. The van der Waals surface area contributed by atoms with E-state index in [-0.39, 0.29) is 6.03 Å². The zero-order valence-corrected chi connectivity index (χ0v) is 15.0. The molecule has 6 heteroatoms. The van der Waals surface area contributed by atoms with Gasteiger partial charge in [0.25, 0.3) is 0 Å². The molecule has 0 spiro atoms. The van der Waals surface area contributed by atoms with Crippen molar-refractivity contribution in [1.29, 1.82) is 0 Å². The Balaban J connectivity index is 1.80. The number of anilines is 1. The Morgan fingerprint density at radius 1 is 1.00 bits per heavy atom. The van der Waals surface area contributed by atoms with Crippen LogP contribution in [0.15, 0.2) is 36.4 Å². The van der Waals surface area contributed by atoms with Crippen molar-refractivity contribution in [3.63, 3.8) is 0 Å². The first-order valence-electron chi connectivity index (χ1n) is 8.01. The first-order chi connectivity index (χ1) is 12.0. The summed E-state index contributed by atoms with van der Waals surface area (Å²) in [7, 11) is 3.11. The van der Waals surface area contributed by atoms with Gasteiger partial charge in [-0.2, -0.15) is 0 Å². The van der Waals surface area contributed by atoms with Gasteiger partial charge in [0, 0.05) is 11.8 Å². The number of urea groups is 1. The maximum Gasteiger partial charge on any atom is 0.319 e. The average Bonchev–Trinajstić information content (AvgIpc) is 2.62. The maximum absolute atomic E-state index is 11.9. The fourth-order valence-electron chi connectivity index (χ4n) is 2.30. The van der Waals surface area contributed by atoms with E-state index in [2.05, 4.69) is 10.6 Å². The van der Waals surface area contributed by atoms with E-state index >= 15 is 0 Å². The minimum Gasteiger partial charge on any atom is -0.493 e. The molecule has 134 valence electrons. The zero-order valence-electron chi connectivity index (χ0n) is 15.0. The summed E-state index contributed by atoms with van der Waals surface area (Å²) in [5.74, 6) is 2.00. The van der Waals surface area contributed by atoms with Gasteiger partial charge in [0.05, 0.1) is 20.8 Å². The van der Waals surface area contributed by atoms with Crippen molar-refractivity contribution in [3.8, 4) is 17.2 Å². The van der Waals surface area contributed by atoms with Gasteiger partial charge in [-0.1, -0.05) is 12.1 Å². The van der Waals surface area contributed by atoms with Crippen LogP contribution in [0.2, 0.25) is 0 Å². The van der Waals surface area contributed by atoms with Crippen molar-refractivity contribution in [1.82, 2.24) is 5.32 Å². The van der Waals surface area contributed by atoms with Gasteiger partial charge in [0.1, 0.15) is 12.4 Å². The van der Waals surface area contributed by atoms with Crippen LogP contribution in [0.25, 0.3) is 0 Å². The number of rotatable bonds is 7. The third-order valence-corrected chi connectivity index (χ3v) is 3.84. The summed E-state index contributed by atoms with van der Waals surface area (Å²) in [4.78, 5) is 11.9. The number of methoxy groups -OCH3 is 2. The summed E-state index contributed by atoms with van der Waals surface area (Å²) in [6.45, 7) is 4.84. The van der Waals surface area contributed by atoms with E-state index in [0.717, 1.165) is 11.3 Å². The Labute approximate surface area is 148 Å². The van der Waals surface area contributed by atoms with Gasteiger partial charge in [-0.05, 0) is 43.2 Å². The minimum atomic E-state index is -0.309. The highest BCUT2D eigenvalue weighted by Gasteiger charge is 2.07. The van der Waals surface area contributed by atoms with Crippen LogP contribution in [-0.4, -0.2) is 33.4 Å². The second-order valence-corrected chi connectivity index (χ2v) is 5.50. The highest BCUT2D eigenvalue weighted by molar-refractivity contribution is 5.89. The monoisotopic (exact) mass is 344 g/mol. The third kappa shape index (κ3) is 5.04. The quantitative estimate of drug-likeness (QED) is 0.754. The highest BCUT2D eigenvalue weighted by Crippen LogP contribution is 2.29. The summed E-state index contributed by atoms with van der Waals surface area (Å²) in [6, 6.07) is 10.8. The number of nitrogens with one attached hydrogen (secondary N) is 2. The van der Waals surface area contributed by atoms with Crippen LogP contribution in [0.1, 0.15) is 11.1 Å². The Kier molecular flexibility index (Phi) is 6.51. The smallest absolute Gasteiger partial charge is 0.319 e. The normalized spacial score (nSPS) is 10.1. The number of carbonyl (C=O) groups is 1. The number of carbonyl (C=O) groups excluding carboxylic acids is 1. The average molecular weight is 344 g/mol. The fourth-order valence-corrected chi connectivity index (χ4v) is 2.30. The second kappa shape index (κ2) is 8.82. The van der Waals surface area contributed by atoms with E-state index in [4.69, 9.17) is 14.2 Å². The first kappa shape index (κ1) is 18.4. The lowest BCUT2D eigenvalue weighted by Gasteiger charge is -2.13. The molecule has 25 heavy (non-hydrogen) atoms. The molecule has 0 saturated heterocycles. The van der Waals surface area contributed by atoms with E-state index in [0.29, 0.717) is 30.3 Å². The molecule has 0 saturated carbocycles. The van der Waals surface area contributed by atoms with Gasteiger partial charge < -0.3 is 24.8 Å². The van der Waals surface area contributed by atoms with Crippen molar-refractivity contribution in [2.24, 2.45) is 0 Å². The minimum absolute atomic E-state index is 0.309. The number of benzene rings is 2. The van der Waals surface area contributed by atoms with Gasteiger partial charge in [-0.25, -0.2) is 4.79 Å². The molecule has 0 aliphatic heterocycles. The molecular weight excluding hydrogens is 320 g/mol. The van der Waals surface area contributed by atoms with Crippen molar-refractivity contribution in [2.45, 2.75) is 13.8 Å². The maximum atomic E-state index is 11.9. The molecule has 0 fully saturated rings. The number of ether oxygens (including phenoxy) is 3. The third-order valence-electron chi connectivity index (χ3n) is 3.84. The SMILES string of the molecule is COc1ccc(NC(=O)NCCOc2cccc(C)c2C)cc1OC. The number of hydrogen-bond donors (Lipinski definition) is 2. The number of hydrogen-bond acceptors (Lipinski definition) is 4. The Bertz CT molecular complexity index is 731. The van der Waals surface area contributed by atoms with Crippen LogP contribution in [-0.2, 0) is 0 Å². The molecule has 2 aromatic rings. The lowest BCUT2D eigenvalue weighted by molar-refractivity contribution is 0.247. The van der Waals surface area contributed by atoms with E-state index in [1.807, 2.05) is 32.0 Å². The molecule has 0 radical (unpaired) electrons. The molecular formula is C19H24N2O4. The van der Waals surface area contributed by atoms with Gasteiger partial charge in [0.2, 0.25) is 0 Å². The van der Waals surface area contributed by atoms with Crippen LogP contribution in [0.4, 0.5) is 10.5 Å². The van der Waals surface area contributed by atoms with Gasteiger partial charge in [0.15, 0.2) is 11.5 Å². The Morgan fingerprint density at radius 2 is 1.76 bits per heavy atom. The van der Waals surface area contributed by atoms with E-state index < -0.39 is 0 Å². The molecule has 0 aliphatic carbocycles. The molecule has 2 N–H and O–H groups in total. The van der Waals surface area contributed by atoms with Gasteiger partial charge in [-0.3, -0.25) is 0 Å². The Morgan fingerprint density at radius 3 is 2.48 bits per heavy atom. The lowest BCUT2D eigenvalue weighted by atomic mass is 10.1.